The Morgan fingerprint density at radius 2 is 1.74 bits per heavy atom. The summed E-state index contributed by atoms with van der Waals surface area (Å²) in [6.45, 7) is 0. The lowest BCUT2D eigenvalue weighted by atomic mass is 10.1. The number of aliphatic hydroxyl groups excluding tert-OH is 1. The van der Waals surface area contributed by atoms with E-state index in [0.717, 1.165) is 0 Å². The van der Waals surface area contributed by atoms with Gasteiger partial charge in [0.25, 0.3) is 0 Å². The smallest absolute Gasteiger partial charge is 0.337 e. The van der Waals surface area contributed by atoms with Gasteiger partial charge in [0.15, 0.2) is 12.4 Å². The molecule has 0 aliphatic rings. The van der Waals surface area contributed by atoms with E-state index in [1.807, 2.05) is 0 Å². The quantitative estimate of drug-likeness (QED) is 0.495. The van der Waals surface area contributed by atoms with E-state index in [9.17, 15) is 9.90 Å². The molecule has 0 amide bonds. The fraction of sp³-hybridized carbons (Fsp3) is 0.357. The molecule has 1 rings (SSSR count). The first-order chi connectivity index (χ1) is 9.12. The average molecular weight is 264 g/mol. The summed E-state index contributed by atoms with van der Waals surface area (Å²) in [4.78, 5) is 11.2. The third-order valence-electron chi connectivity index (χ3n) is 2.39. The summed E-state index contributed by atoms with van der Waals surface area (Å²) in [5.41, 5.74) is 1.11. The molecular weight excluding hydrogens is 248 g/mol. The van der Waals surface area contributed by atoms with Gasteiger partial charge in [-0.3, -0.25) is 0 Å². The summed E-state index contributed by atoms with van der Waals surface area (Å²) in [6, 6.07) is 6.54. The summed E-state index contributed by atoms with van der Waals surface area (Å²) in [5, 5.41) is 9.65. The molecule has 19 heavy (non-hydrogen) atoms. The molecule has 0 saturated carbocycles. The Bertz CT molecular complexity index is 465. The lowest BCUT2D eigenvalue weighted by molar-refractivity contribution is -0.147. The molecule has 1 aromatic carbocycles. The van der Waals surface area contributed by atoms with Crippen molar-refractivity contribution in [2.45, 2.75) is 12.4 Å². The van der Waals surface area contributed by atoms with E-state index in [4.69, 9.17) is 9.47 Å². The predicted octanol–water partition coefficient (Wildman–Crippen LogP) is 0.804. The number of rotatable bonds is 4. The minimum atomic E-state index is -1.05. The van der Waals surface area contributed by atoms with E-state index < -0.39 is 18.4 Å². The van der Waals surface area contributed by atoms with Gasteiger partial charge in [0.05, 0.1) is 12.7 Å². The maximum Gasteiger partial charge on any atom is 0.337 e. The van der Waals surface area contributed by atoms with E-state index in [0.29, 0.717) is 11.1 Å². The van der Waals surface area contributed by atoms with Crippen LogP contribution in [0.15, 0.2) is 24.3 Å². The fourth-order valence-corrected chi connectivity index (χ4v) is 1.39. The Morgan fingerprint density at radius 1 is 1.16 bits per heavy atom. The topological polar surface area (TPSA) is 65.0 Å². The molecule has 0 saturated heterocycles. The Morgan fingerprint density at radius 3 is 2.21 bits per heavy atom. The minimum Gasteiger partial charge on any atom is -0.465 e. The van der Waals surface area contributed by atoms with Crippen LogP contribution in [0.2, 0.25) is 0 Å². The van der Waals surface area contributed by atoms with Gasteiger partial charge in [-0.2, -0.15) is 0 Å². The molecule has 5 heteroatoms. The zero-order chi connectivity index (χ0) is 14.3. The van der Waals surface area contributed by atoms with Crippen LogP contribution in [0.3, 0.4) is 0 Å². The Kier molecular flexibility index (Phi) is 6.03. The van der Waals surface area contributed by atoms with Gasteiger partial charge in [0.1, 0.15) is 0 Å². The van der Waals surface area contributed by atoms with Crippen molar-refractivity contribution in [1.29, 1.82) is 0 Å². The van der Waals surface area contributed by atoms with Crippen molar-refractivity contribution in [1.82, 2.24) is 0 Å². The molecule has 0 bridgehead atoms. The van der Waals surface area contributed by atoms with Gasteiger partial charge < -0.3 is 19.3 Å². The Hall–Kier alpha value is -1.87. The number of ether oxygens (including phenoxy) is 3. The van der Waals surface area contributed by atoms with E-state index in [2.05, 4.69) is 16.6 Å². The van der Waals surface area contributed by atoms with Crippen LogP contribution in [0.1, 0.15) is 15.9 Å². The number of aliphatic hydroxyl groups is 1. The van der Waals surface area contributed by atoms with Gasteiger partial charge in [-0.25, -0.2) is 4.79 Å². The fourth-order valence-electron chi connectivity index (χ4n) is 1.39. The highest BCUT2D eigenvalue weighted by atomic mass is 16.7. The normalized spacial score (nSPS) is 11.6. The molecule has 1 atom stereocenters. The van der Waals surface area contributed by atoms with Crippen molar-refractivity contribution in [2.24, 2.45) is 0 Å². The maximum atomic E-state index is 11.2. The van der Waals surface area contributed by atoms with Crippen molar-refractivity contribution < 1.29 is 24.1 Å². The average Bonchev–Trinajstić information content (AvgIpc) is 2.46. The zero-order valence-corrected chi connectivity index (χ0v) is 11.0. The number of carbonyl (C=O) groups excluding carboxylic acids is 1. The second-order valence-electron chi connectivity index (χ2n) is 3.62. The molecule has 5 nitrogen and oxygen atoms in total. The van der Waals surface area contributed by atoms with Crippen LogP contribution in [-0.2, 0) is 14.2 Å². The van der Waals surface area contributed by atoms with Gasteiger partial charge >= 0.3 is 5.97 Å². The standard InChI is InChI=1S/C14H16O5/c1-17-13(16)11-7-4-10(5-8-11)6-9-12(15)14(18-2)19-3/h4-5,7-8,12,14-15H,1-3H3. The van der Waals surface area contributed by atoms with E-state index in [1.54, 1.807) is 24.3 Å². The molecule has 0 spiro atoms. The summed E-state index contributed by atoms with van der Waals surface area (Å²) < 4.78 is 14.3. The Labute approximate surface area is 112 Å². The first-order valence-corrected chi connectivity index (χ1v) is 5.56. The molecule has 0 aromatic heterocycles. The van der Waals surface area contributed by atoms with E-state index in [1.165, 1.54) is 21.3 Å². The van der Waals surface area contributed by atoms with Crippen LogP contribution >= 0.6 is 0 Å². The second kappa shape index (κ2) is 7.54. The summed E-state index contributed by atoms with van der Waals surface area (Å²) in [7, 11) is 4.16. The SMILES string of the molecule is COC(=O)c1ccc(C#CC(O)C(OC)OC)cc1. The highest BCUT2D eigenvalue weighted by molar-refractivity contribution is 5.89. The van der Waals surface area contributed by atoms with Crippen LogP contribution in [-0.4, -0.2) is 44.8 Å². The number of methoxy groups -OCH3 is 3. The van der Waals surface area contributed by atoms with Gasteiger partial charge in [0, 0.05) is 19.8 Å². The molecule has 0 aliphatic heterocycles. The largest absolute Gasteiger partial charge is 0.465 e. The van der Waals surface area contributed by atoms with Crippen molar-refractivity contribution in [2.75, 3.05) is 21.3 Å². The number of benzene rings is 1. The molecule has 1 N–H and O–H groups in total. The van der Waals surface area contributed by atoms with Crippen LogP contribution < -0.4 is 0 Å². The third kappa shape index (κ3) is 4.38. The van der Waals surface area contributed by atoms with E-state index >= 15 is 0 Å². The van der Waals surface area contributed by atoms with E-state index in [-0.39, 0.29) is 0 Å². The first kappa shape index (κ1) is 15.2. The van der Waals surface area contributed by atoms with Gasteiger partial charge in [-0.1, -0.05) is 11.8 Å². The third-order valence-corrected chi connectivity index (χ3v) is 2.39. The zero-order valence-electron chi connectivity index (χ0n) is 11.0. The lowest BCUT2D eigenvalue weighted by Crippen LogP contribution is -2.28. The van der Waals surface area contributed by atoms with Crippen LogP contribution in [0.5, 0.6) is 0 Å². The second-order valence-corrected chi connectivity index (χ2v) is 3.62. The van der Waals surface area contributed by atoms with Gasteiger partial charge in [-0.15, -0.1) is 0 Å². The highest BCUT2D eigenvalue weighted by Gasteiger charge is 2.14. The lowest BCUT2D eigenvalue weighted by Gasteiger charge is -2.14. The first-order valence-electron chi connectivity index (χ1n) is 5.56. The maximum absolute atomic E-state index is 11.2. The molecule has 1 aromatic rings. The van der Waals surface area contributed by atoms with Crippen molar-refractivity contribution >= 4 is 5.97 Å². The van der Waals surface area contributed by atoms with Crippen molar-refractivity contribution in [3.05, 3.63) is 35.4 Å². The molecule has 0 fully saturated rings. The summed E-state index contributed by atoms with van der Waals surface area (Å²) in [6.07, 6.45) is -1.84. The van der Waals surface area contributed by atoms with Gasteiger partial charge in [-0.05, 0) is 24.3 Å². The summed E-state index contributed by atoms with van der Waals surface area (Å²) in [5.74, 6) is 4.96. The monoisotopic (exact) mass is 264 g/mol. The van der Waals surface area contributed by atoms with Crippen LogP contribution in [0, 0.1) is 11.8 Å². The molecular formula is C14H16O5. The predicted molar refractivity (Wildman–Crippen MR) is 68.5 cm³/mol. The number of hydrogen-bond donors (Lipinski definition) is 1. The number of hydrogen-bond acceptors (Lipinski definition) is 5. The van der Waals surface area contributed by atoms with Crippen LogP contribution in [0.25, 0.3) is 0 Å². The minimum absolute atomic E-state index is 0.404. The van der Waals surface area contributed by atoms with Crippen molar-refractivity contribution in [3.8, 4) is 11.8 Å². The Balaban J connectivity index is 2.76. The summed E-state index contributed by atoms with van der Waals surface area (Å²) >= 11 is 0. The van der Waals surface area contributed by atoms with Crippen molar-refractivity contribution in [3.63, 3.8) is 0 Å². The number of esters is 1. The molecule has 0 radical (unpaired) electrons. The molecule has 102 valence electrons. The highest BCUT2D eigenvalue weighted by Crippen LogP contribution is 2.05. The molecule has 0 aliphatic carbocycles. The van der Waals surface area contributed by atoms with Gasteiger partial charge in [0.2, 0.25) is 0 Å². The van der Waals surface area contributed by atoms with Crippen LogP contribution in [0.4, 0.5) is 0 Å². The molecule has 1 unspecified atom stereocenters. The number of carbonyl (C=O) groups is 1. The molecule has 0 heterocycles.